The number of aromatic nitrogens is 1. The summed E-state index contributed by atoms with van der Waals surface area (Å²) in [5.41, 5.74) is 1.39. The van der Waals surface area contributed by atoms with Gasteiger partial charge in [-0.05, 0) is 24.3 Å². The molecule has 0 N–H and O–H groups in total. The largest absolute Gasteiger partial charge is 0.573 e. The number of benzene rings is 2. The van der Waals surface area contributed by atoms with Crippen LogP contribution >= 0.6 is 11.3 Å². The molecule has 1 atom stereocenters. The van der Waals surface area contributed by atoms with Crippen molar-refractivity contribution >= 4 is 44.2 Å². The molecule has 178 valence electrons. The predicted molar refractivity (Wildman–Crippen MR) is 122 cm³/mol. The first-order valence-electron chi connectivity index (χ1n) is 10.8. The summed E-state index contributed by atoms with van der Waals surface area (Å²) < 4.78 is 42.0. The molecule has 5 rings (SSSR count). The lowest BCUT2D eigenvalue weighted by Gasteiger charge is -2.35. The van der Waals surface area contributed by atoms with Crippen LogP contribution in [0.5, 0.6) is 5.75 Å². The molecule has 2 fully saturated rings. The third-order valence-electron chi connectivity index (χ3n) is 5.99. The number of fused-ring (bicyclic) bond motifs is 1. The van der Waals surface area contributed by atoms with Gasteiger partial charge < -0.3 is 19.4 Å². The summed E-state index contributed by atoms with van der Waals surface area (Å²) >= 11 is 1.29. The number of anilines is 2. The van der Waals surface area contributed by atoms with E-state index in [1.165, 1.54) is 29.5 Å². The Morgan fingerprint density at radius 3 is 2.50 bits per heavy atom. The molecule has 0 radical (unpaired) electrons. The Labute approximate surface area is 197 Å². The molecule has 1 aromatic heterocycles. The normalized spacial score (nSPS) is 19.2. The molecule has 34 heavy (non-hydrogen) atoms. The topological polar surface area (TPSA) is 66.0 Å². The molecule has 0 bridgehead atoms. The van der Waals surface area contributed by atoms with Gasteiger partial charge in [0.15, 0.2) is 5.13 Å². The van der Waals surface area contributed by atoms with Gasteiger partial charge in [-0.3, -0.25) is 9.59 Å². The number of alkyl halides is 3. The first kappa shape index (κ1) is 22.5. The van der Waals surface area contributed by atoms with E-state index in [1.54, 1.807) is 9.80 Å². The molecule has 7 nitrogen and oxygen atoms in total. The number of amides is 2. The van der Waals surface area contributed by atoms with Crippen LogP contribution in [-0.4, -0.2) is 60.8 Å². The van der Waals surface area contributed by atoms with Gasteiger partial charge in [-0.15, -0.1) is 13.2 Å². The van der Waals surface area contributed by atoms with E-state index in [9.17, 15) is 22.8 Å². The van der Waals surface area contributed by atoms with Crippen LogP contribution in [-0.2, 0) is 9.59 Å². The molecule has 3 aromatic rings. The van der Waals surface area contributed by atoms with E-state index < -0.39 is 6.36 Å². The second-order valence-corrected chi connectivity index (χ2v) is 9.24. The maximum Gasteiger partial charge on any atom is 0.573 e. The summed E-state index contributed by atoms with van der Waals surface area (Å²) in [6, 6.07) is 13.4. The van der Waals surface area contributed by atoms with Crippen molar-refractivity contribution in [2.45, 2.75) is 12.8 Å². The van der Waals surface area contributed by atoms with Crippen molar-refractivity contribution in [3.8, 4) is 5.75 Å². The Morgan fingerprint density at radius 1 is 1.06 bits per heavy atom. The highest BCUT2D eigenvalue weighted by Crippen LogP contribution is 2.34. The standard InChI is InChI=1S/C23H21F3N4O3S/c24-23(25,26)33-17-6-7-18-19(13-17)34-22(27-18)29-10-8-28(9-11-29)21(32)15-12-20(31)30(14-15)16-4-2-1-3-5-16/h1-7,13,15H,8-12,14H2. The molecular formula is C23H21F3N4O3S. The van der Waals surface area contributed by atoms with Gasteiger partial charge >= 0.3 is 6.36 Å². The third kappa shape index (κ3) is 4.65. The molecular weight excluding hydrogens is 469 g/mol. The number of ether oxygens (including phenoxy) is 1. The lowest BCUT2D eigenvalue weighted by molar-refractivity contribution is -0.274. The third-order valence-corrected chi connectivity index (χ3v) is 7.07. The number of halogens is 3. The number of piperazine rings is 1. The zero-order valence-corrected chi connectivity index (χ0v) is 18.8. The van der Waals surface area contributed by atoms with Gasteiger partial charge in [0.25, 0.3) is 0 Å². The van der Waals surface area contributed by atoms with Gasteiger partial charge in [0.1, 0.15) is 5.75 Å². The molecule has 2 amide bonds. The predicted octanol–water partition coefficient (Wildman–Crippen LogP) is 3.90. The van der Waals surface area contributed by atoms with Crippen molar-refractivity contribution < 1.29 is 27.5 Å². The molecule has 2 saturated heterocycles. The van der Waals surface area contributed by atoms with Crippen molar-refractivity contribution in [2.75, 3.05) is 42.5 Å². The minimum atomic E-state index is -4.74. The first-order chi connectivity index (χ1) is 16.3. The van der Waals surface area contributed by atoms with E-state index in [-0.39, 0.29) is 29.9 Å². The monoisotopic (exact) mass is 490 g/mol. The van der Waals surface area contributed by atoms with Crippen LogP contribution in [0, 0.1) is 5.92 Å². The summed E-state index contributed by atoms with van der Waals surface area (Å²) in [4.78, 5) is 35.5. The SMILES string of the molecule is O=C(C1CC(=O)N(c2ccccc2)C1)N1CCN(c2nc3ccc(OC(F)(F)F)cc3s2)CC1. The number of carbonyl (C=O) groups excluding carboxylic acids is 2. The van der Waals surface area contributed by atoms with E-state index in [2.05, 4.69) is 9.72 Å². The number of nitrogens with zero attached hydrogens (tertiary/aromatic N) is 4. The van der Waals surface area contributed by atoms with E-state index >= 15 is 0 Å². The van der Waals surface area contributed by atoms with Crippen LogP contribution in [0.1, 0.15) is 6.42 Å². The van der Waals surface area contributed by atoms with E-state index in [0.29, 0.717) is 48.1 Å². The highest BCUT2D eigenvalue weighted by atomic mass is 32.1. The fourth-order valence-corrected chi connectivity index (χ4v) is 5.38. The minimum absolute atomic E-state index is 0.0235. The number of para-hydroxylation sites is 1. The number of hydrogen-bond acceptors (Lipinski definition) is 6. The van der Waals surface area contributed by atoms with Gasteiger partial charge in [0, 0.05) is 50.9 Å². The molecule has 0 aliphatic carbocycles. The van der Waals surface area contributed by atoms with Crippen LogP contribution in [0.25, 0.3) is 10.2 Å². The summed E-state index contributed by atoms with van der Waals surface area (Å²) in [7, 11) is 0. The van der Waals surface area contributed by atoms with Crippen molar-refractivity contribution in [3.63, 3.8) is 0 Å². The number of thiazole rings is 1. The lowest BCUT2D eigenvalue weighted by Crippen LogP contribution is -2.50. The Balaban J connectivity index is 1.20. The van der Waals surface area contributed by atoms with Gasteiger partial charge in [-0.1, -0.05) is 29.5 Å². The average molecular weight is 491 g/mol. The summed E-state index contributed by atoms with van der Waals surface area (Å²) in [6.07, 6.45) is -4.54. The molecule has 2 aromatic carbocycles. The molecule has 1 unspecified atom stereocenters. The molecule has 2 aliphatic heterocycles. The molecule has 0 spiro atoms. The molecule has 0 saturated carbocycles. The zero-order chi connectivity index (χ0) is 23.9. The summed E-state index contributed by atoms with van der Waals surface area (Å²) in [6.45, 7) is 2.48. The highest BCUT2D eigenvalue weighted by Gasteiger charge is 2.38. The van der Waals surface area contributed by atoms with Crippen molar-refractivity contribution in [3.05, 3.63) is 48.5 Å². The van der Waals surface area contributed by atoms with E-state index in [4.69, 9.17) is 0 Å². The van der Waals surface area contributed by atoms with Crippen molar-refractivity contribution in [1.29, 1.82) is 0 Å². The van der Waals surface area contributed by atoms with Gasteiger partial charge in [0.2, 0.25) is 11.8 Å². The van der Waals surface area contributed by atoms with Crippen LogP contribution in [0.2, 0.25) is 0 Å². The van der Waals surface area contributed by atoms with Gasteiger partial charge in [0.05, 0.1) is 16.1 Å². The maximum atomic E-state index is 13.1. The zero-order valence-electron chi connectivity index (χ0n) is 18.0. The van der Waals surface area contributed by atoms with Crippen LogP contribution in [0.4, 0.5) is 24.0 Å². The van der Waals surface area contributed by atoms with Crippen molar-refractivity contribution in [2.24, 2.45) is 5.92 Å². The minimum Gasteiger partial charge on any atom is -0.406 e. The summed E-state index contributed by atoms with van der Waals surface area (Å²) in [5.74, 6) is -0.716. The van der Waals surface area contributed by atoms with E-state index in [1.807, 2.05) is 35.2 Å². The number of rotatable bonds is 4. The first-order valence-corrected chi connectivity index (χ1v) is 11.6. The van der Waals surface area contributed by atoms with Gasteiger partial charge in [-0.2, -0.15) is 0 Å². The average Bonchev–Trinajstić information content (AvgIpc) is 3.41. The molecule has 2 aliphatic rings. The molecule has 11 heteroatoms. The number of carbonyl (C=O) groups is 2. The fourth-order valence-electron chi connectivity index (χ4n) is 4.33. The van der Waals surface area contributed by atoms with Crippen LogP contribution in [0.15, 0.2) is 48.5 Å². The van der Waals surface area contributed by atoms with Gasteiger partial charge in [-0.25, -0.2) is 4.98 Å². The molecule has 3 heterocycles. The van der Waals surface area contributed by atoms with E-state index in [0.717, 1.165) is 5.69 Å². The quantitative estimate of drug-likeness (QED) is 0.555. The smallest absolute Gasteiger partial charge is 0.406 e. The Bertz CT molecular complexity index is 1210. The highest BCUT2D eigenvalue weighted by molar-refractivity contribution is 7.22. The maximum absolute atomic E-state index is 13.1. The Morgan fingerprint density at radius 2 is 1.79 bits per heavy atom. The summed E-state index contributed by atoms with van der Waals surface area (Å²) in [5, 5.41) is 0.692. The van der Waals surface area contributed by atoms with Crippen LogP contribution < -0.4 is 14.5 Å². The second kappa shape index (κ2) is 8.79. The van der Waals surface area contributed by atoms with Crippen LogP contribution in [0.3, 0.4) is 0 Å². The van der Waals surface area contributed by atoms with Crippen molar-refractivity contribution in [1.82, 2.24) is 9.88 Å². The Kier molecular flexibility index (Phi) is 5.80. The number of hydrogen-bond donors (Lipinski definition) is 0. The lowest BCUT2D eigenvalue weighted by atomic mass is 10.1. The fraction of sp³-hybridized carbons (Fsp3) is 0.348. The Hall–Kier alpha value is -3.34. The second-order valence-electron chi connectivity index (χ2n) is 8.23.